The number of hydrogen-bond acceptors (Lipinski definition) is 5. The molecule has 0 radical (unpaired) electrons. The summed E-state index contributed by atoms with van der Waals surface area (Å²) in [6, 6.07) is 3.96. The van der Waals surface area contributed by atoms with Crippen LogP contribution in [-0.2, 0) is 13.1 Å². The van der Waals surface area contributed by atoms with Crippen molar-refractivity contribution in [1.82, 2.24) is 0 Å². The Hall–Kier alpha value is -2.56. The molecule has 0 saturated carbocycles. The van der Waals surface area contributed by atoms with Gasteiger partial charge in [0.25, 0.3) is 0 Å². The SMILES string of the molecule is Cc1cc(C)c2c(c1N)CN1CN2Cc2cc(O)c(N)c(C)c21. The first-order chi connectivity index (χ1) is 10.9. The number of benzene rings is 2. The minimum atomic E-state index is 0.170. The molecule has 4 rings (SSSR count). The van der Waals surface area contributed by atoms with Gasteiger partial charge in [-0.15, -0.1) is 0 Å². The van der Waals surface area contributed by atoms with Crippen molar-refractivity contribution in [3.63, 3.8) is 0 Å². The third-order valence-corrected chi connectivity index (χ3v) is 5.18. The van der Waals surface area contributed by atoms with Crippen molar-refractivity contribution in [3.8, 4) is 5.75 Å². The predicted molar refractivity (Wildman–Crippen MR) is 94.8 cm³/mol. The van der Waals surface area contributed by atoms with Gasteiger partial charge in [0.15, 0.2) is 0 Å². The van der Waals surface area contributed by atoms with Crippen molar-refractivity contribution >= 4 is 22.7 Å². The fraction of sp³-hybridized carbons (Fsp3) is 0.333. The number of phenols is 1. The molecule has 120 valence electrons. The molecule has 0 saturated heterocycles. The number of rotatable bonds is 0. The van der Waals surface area contributed by atoms with E-state index in [4.69, 9.17) is 11.5 Å². The van der Waals surface area contributed by atoms with E-state index in [1.807, 2.05) is 6.92 Å². The molecule has 2 aromatic carbocycles. The molecule has 2 heterocycles. The predicted octanol–water partition coefficient (Wildman–Crippen LogP) is 2.78. The van der Waals surface area contributed by atoms with Crippen LogP contribution in [0, 0.1) is 20.8 Å². The van der Waals surface area contributed by atoms with Gasteiger partial charge in [0.05, 0.1) is 12.4 Å². The van der Waals surface area contributed by atoms with Gasteiger partial charge >= 0.3 is 0 Å². The molecule has 5 N–H and O–H groups in total. The first kappa shape index (κ1) is 14.1. The second-order valence-electron chi connectivity index (χ2n) is 6.73. The summed E-state index contributed by atoms with van der Waals surface area (Å²) in [7, 11) is 0. The van der Waals surface area contributed by atoms with Gasteiger partial charge in [-0.2, -0.15) is 0 Å². The number of nitrogen functional groups attached to an aromatic ring is 2. The second-order valence-corrected chi connectivity index (χ2v) is 6.73. The maximum atomic E-state index is 10.1. The Morgan fingerprint density at radius 3 is 2.35 bits per heavy atom. The maximum Gasteiger partial charge on any atom is 0.139 e. The van der Waals surface area contributed by atoms with Gasteiger partial charge in [0, 0.05) is 35.7 Å². The number of nitrogens with two attached hydrogens (primary N) is 2. The zero-order valence-electron chi connectivity index (χ0n) is 13.8. The molecule has 0 amide bonds. The van der Waals surface area contributed by atoms with Gasteiger partial charge in [0.1, 0.15) is 5.75 Å². The first-order valence-electron chi connectivity index (χ1n) is 7.87. The lowest BCUT2D eigenvalue weighted by atomic mass is 9.93. The molecule has 0 spiro atoms. The van der Waals surface area contributed by atoms with Crippen molar-refractivity contribution in [3.05, 3.63) is 39.9 Å². The lowest BCUT2D eigenvalue weighted by molar-refractivity contribution is 0.476. The average Bonchev–Trinajstić information content (AvgIpc) is 2.49. The summed E-state index contributed by atoms with van der Waals surface area (Å²) in [6.07, 6.45) is 0. The van der Waals surface area contributed by atoms with Crippen LogP contribution in [-0.4, -0.2) is 11.8 Å². The minimum Gasteiger partial charge on any atom is -0.506 e. The van der Waals surface area contributed by atoms with Crippen LogP contribution in [0.1, 0.15) is 27.8 Å². The van der Waals surface area contributed by atoms with Gasteiger partial charge in [-0.3, -0.25) is 0 Å². The van der Waals surface area contributed by atoms with Gasteiger partial charge in [0.2, 0.25) is 0 Å². The van der Waals surface area contributed by atoms with Gasteiger partial charge in [-0.05, 0) is 49.1 Å². The van der Waals surface area contributed by atoms with E-state index in [9.17, 15) is 5.11 Å². The second kappa shape index (κ2) is 4.47. The van der Waals surface area contributed by atoms with Crippen LogP contribution in [0.4, 0.5) is 22.7 Å². The average molecular weight is 310 g/mol. The minimum absolute atomic E-state index is 0.170. The topological polar surface area (TPSA) is 78.8 Å². The van der Waals surface area contributed by atoms with Crippen molar-refractivity contribution < 1.29 is 5.11 Å². The molecule has 5 nitrogen and oxygen atoms in total. The number of phenolic OH excluding ortho intramolecular Hbond substituents is 1. The van der Waals surface area contributed by atoms with E-state index < -0.39 is 0 Å². The van der Waals surface area contributed by atoms with Gasteiger partial charge in [-0.25, -0.2) is 0 Å². The number of anilines is 4. The van der Waals surface area contributed by atoms with Crippen LogP contribution in [0.3, 0.4) is 0 Å². The monoisotopic (exact) mass is 310 g/mol. The van der Waals surface area contributed by atoms with Crippen molar-refractivity contribution in [2.24, 2.45) is 0 Å². The molecule has 23 heavy (non-hydrogen) atoms. The Bertz CT molecular complexity index is 844. The molecule has 0 atom stereocenters. The molecule has 5 heteroatoms. The zero-order chi connectivity index (χ0) is 16.5. The molecular formula is C18H22N4O. The molecule has 2 aliphatic heterocycles. The number of hydrogen-bond donors (Lipinski definition) is 3. The Morgan fingerprint density at radius 2 is 1.61 bits per heavy atom. The normalized spacial score (nSPS) is 15.4. The summed E-state index contributed by atoms with van der Waals surface area (Å²) >= 11 is 0. The van der Waals surface area contributed by atoms with Crippen LogP contribution in [0.25, 0.3) is 0 Å². The third-order valence-electron chi connectivity index (χ3n) is 5.18. The molecule has 0 aliphatic carbocycles. The molecule has 0 fully saturated rings. The smallest absolute Gasteiger partial charge is 0.139 e. The highest BCUT2D eigenvalue weighted by Gasteiger charge is 2.33. The lowest BCUT2D eigenvalue weighted by Crippen LogP contribution is -2.47. The fourth-order valence-electron chi connectivity index (χ4n) is 4.11. The van der Waals surface area contributed by atoms with Crippen LogP contribution in [0.2, 0.25) is 0 Å². The van der Waals surface area contributed by atoms with Crippen molar-refractivity contribution in [2.75, 3.05) is 27.9 Å². The van der Waals surface area contributed by atoms with E-state index in [1.165, 1.54) is 16.8 Å². The number of aryl methyl sites for hydroxylation is 2. The van der Waals surface area contributed by atoms with E-state index >= 15 is 0 Å². The van der Waals surface area contributed by atoms with Crippen molar-refractivity contribution in [1.29, 1.82) is 0 Å². The Labute approximate surface area is 136 Å². The Balaban J connectivity index is 1.93. The molecular weight excluding hydrogens is 288 g/mol. The molecule has 0 unspecified atom stereocenters. The molecule has 2 bridgehead atoms. The fourth-order valence-corrected chi connectivity index (χ4v) is 4.11. The van der Waals surface area contributed by atoms with Crippen LogP contribution in [0.15, 0.2) is 12.1 Å². The van der Waals surface area contributed by atoms with Gasteiger partial charge < -0.3 is 26.4 Å². The van der Waals surface area contributed by atoms with E-state index in [2.05, 4.69) is 29.7 Å². The lowest BCUT2D eigenvalue weighted by Gasteiger charge is -2.46. The maximum absolute atomic E-state index is 10.1. The van der Waals surface area contributed by atoms with Gasteiger partial charge in [-0.1, -0.05) is 6.07 Å². The number of fused-ring (bicyclic) bond motifs is 6. The van der Waals surface area contributed by atoms with E-state index in [-0.39, 0.29) is 5.75 Å². The third kappa shape index (κ3) is 1.79. The highest BCUT2D eigenvalue weighted by atomic mass is 16.3. The van der Waals surface area contributed by atoms with E-state index in [0.717, 1.165) is 47.8 Å². The summed E-state index contributed by atoms with van der Waals surface area (Å²) in [4.78, 5) is 4.64. The van der Waals surface area contributed by atoms with Crippen molar-refractivity contribution in [2.45, 2.75) is 33.9 Å². The quantitative estimate of drug-likeness (QED) is 0.515. The molecule has 0 aromatic heterocycles. The largest absolute Gasteiger partial charge is 0.506 e. The Kier molecular flexibility index (Phi) is 2.73. The zero-order valence-corrected chi connectivity index (χ0v) is 13.8. The van der Waals surface area contributed by atoms with E-state index in [0.29, 0.717) is 5.69 Å². The first-order valence-corrected chi connectivity index (χ1v) is 7.87. The van der Waals surface area contributed by atoms with Crippen LogP contribution in [0.5, 0.6) is 5.75 Å². The Morgan fingerprint density at radius 1 is 0.913 bits per heavy atom. The standard InChI is InChI=1S/C18H22N4O/c1-9-4-10(2)17-13(15(9)19)7-22-8-21(17)6-12-5-14(23)16(20)11(3)18(12)22/h4-5,23H,6-8,19-20H2,1-3H3. The summed E-state index contributed by atoms with van der Waals surface area (Å²) in [5, 5.41) is 10.1. The highest BCUT2D eigenvalue weighted by molar-refractivity contribution is 5.81. The summed E-state index contributed by atoms with van der Waals surface area (Å²) < 4.78 is 0. The summed E-state index contributed by atoms with van der Waals surface area (Å²) in [5.74, 6) is 0.170. The highest BCUT2D eigenvalue weighted by Crippen LogP contribution is 2.46. The van der Waals surface area contributed by atoms with E-state index in [1.54, 1.807) is 6.07 Å². The van der Waals surface area contributed by atoms with Crippen LogP contribution < -0.4 is 21.3 Å². The number of aromatic hydroxyl groups is 1. The van der Waals surface area contributed by atoms with Crippen LogP contribution >= 0.6 is 0 Å². The summed E-state index contributed by atoms with van der Waals surface area (Å²) in [5.41, 5.74) is 21.8. The molecule has 2 aliphatic rings. The number of nitrogens with zero attached hydrogens (tertiary/aromatic N) is 2. The molecule has 2 aromatic rings. The summed E-state index contributed by atoms with van der Waals surface area (Å²) in [6.45, 7) is 8.54.